The zero-order chi connectivity index (χ0) is 18.6. The highest BCUT2D eigenvalue weighted by molar-refractivity contribution is 7.18. The second kappa shape index (κ2) is 8.57. The molecule has 1 fully saturated rings. The van der Waals surface area contributed by atoms with Crippen LogP contribution in [0.15, 0.2) is 48.5 Å². The summed E-state index contributed by atoms with van der Waals surface area (Å²) in [5.74, 6) is 1.26. The van der Waals surface area contributed by atoms with Gasteiger partial charge in [-0.3, -0.25) is 0 Å². The molecule has 1 aliphatic heterocycles. The fourth-order valence-electron chi connectivity index (χ4n) is 3.50. The smallest absolute Gasteiger partial charge is 0.119 e. The zero-order valence-corrected chi connectivity index (χ0v) is 16.6. The number of ether oxygens (including phenoxy) is 1. The van der Waals surface area contributed by atoms with Crippen molar-refractivity contribution in [3.05, 3.63) is 58.6 Å². The summed E-state index contributed by atoms with van der Waals surface area (Å²) in [5, 5.41) is 12.2. The van der Waals surface area contributed by atoms with Gasteiger partial charge in [-0.05, 0) is 62.3 Å². The van der Waals surface area contributed by atoms with E-state index in [0.29, 0.717) is 24.1 Å². The number of halogens is 1. The molecule has 27 heavy (non-hydrogen) atoms. The molecule has 142 valence electrons. The minimum Gasteiger partial charge on any atom is -0.491 e. The van der Waals surface area contributed by atoms with Gasteiger partial charge in [0.2, 0.25) is 0 Å². The van der Waals surface area contributed by atoms with Crippen molar-refractivity contribution >= 4 is 33.2 Å². The first kappa shape index (κ1) is 18.7. The van der Waals surface area contributed by atoms with E-state index in [1.165, 1.54) is 9.71 Å². The molecular formula is C21H23ClN2O2S. The van der Waals surface area contributed by atoms with Gasteiger partial charge >= 0.3 is 0 Å². The quantitative estimate of drug-likeness (QED) is 0.656. The first-order chi connectivity index (χ1) is 13.2. The molecule has 0 amide bonds. The van der Waals surface area contributed by atoms with Gasteiger partial charge in [-0.25, -0.2) is 4.98 Å². The fourth-order valence-corrected chi connectivity index (χ4v) is 4.76. The third kappa shape index (κ3) is 4.79. The van der Waals surface area contributed by atoms with E-state index >= 15 is 0 Å². The zero-order valence-electron chi connectivity index (χ0n) is 15.1. The molecule has 4 nitrogen and oxygen atoms in total. The van der Waals surface area contributed by atoms with Crippen LogP contribution >= 0.6 is 22.9 Å². The van der Waals surface area contributed by atoms with Crippen LogP contribution in [0.1, 0.15) is 23.8 Å². The molecule has 3 aromatic rings. The second-order valence-corrected chi connectivity index (χ2v) is 8.51. The molecule has 0 bridgehead atoms. The summed E-state index contributed by atoms with van der Waals surface area (Å²) in [6, 6.07) is 15.6. The molecule has 0 radical (unpaired) electrons. The Balaban J connectivity index is 1.24. The number of aliphatic hydroxyl groups excluding tert-OH is 1. The van der Waals surface area contributed by atoms with Gasteiger partial charge in [-0.15, -0.1) is 11.3 Å². The van der Waals surface area contributed by atoms with Crippen LogP contribution in [0.4, 0.5) is 0 Å². The highest BCUT2D eigenvalue weighted by atomic mass is 35.5. The van der Waals surface area contributed by atoms with Crippen LogP contribution in [-0.4, -0.2) is 47.3 Å². The summed E-state index contributed by atoms with van der Waals surface area (Å²) in [6.45, 7) is 2.90. The second-order valence-electron chi connectivity index (χ2n) is 7.01. The SMILES string of the molecule is OC(COc1ccc(Cl)cc1)CN1CCC(c2nc3ccccc3s2)CC1. The fraction of sp³-hybridized carbons (Fsp3) is 0.381. The van der Waals surface area contributed by atoms with Gasteiger partial charge in [0.15, 0.2) is 0 Å². The number of likely N-dealkylation sites (tertiary alicyclic amines) is 1. The van der Waals surface area contributed by atoms with Gasteiger partial charge in [0.05, 0.1) is 15.2 Å². The normalized spacial score (nSPS) is 17.3. The van der Waals surface area contributed by atoms with E-state index in [1.54, 1.807) is 12.1 Å². The minimum atomic E-state index is -0.500. The van der Waals surface area contributed by atoms with Crippen molar-refractivity contribution in [3.8, 4) is 5.75 Å². The summed E-state index contributed by atoms with van der Waals surface area (Å²) in [7, 11) is 0. The Morgan fingerprint density at radius 3 is 2.63 bits per heavy atom. The molecular weight excluding hydrogens is 380 g/mol. The molecule has 1 atom stereocenters. The van der Waals surface area contributed by atoms with Crippen LogP contribution in [0, 0.1) is 0 Å². The first-order valence-corrected chi connectivity index (χ1v) is 10.5. The van der Waals surface area contributed by atoms with E-state index in [9.17, 15) is 5.11 Å². The number of aromatic nitrogens is 1. The largest absolute Gasteiger partial charge is 0.491 e. The molecule has 0 aliphatic carbocycles. The van der Waals surface area contributed by atoms with E-state index in [0.717, 1.165) is 37.2 Å². The lowest BCUT2D eigenvalue weighted by Crippen LogP contribution is -2.40. The highest BCUT2D eigenvalue weighted by Crippen LogP contribution is 2.33. The summed E-state index contributed by atoms with van der Waals surface area (Å²) in [6.07, 6.45) is 1.68. The Hall–Kier alpha value is -1.66. The molecule has 1 unspecified atom stereocenters. The minimum absolute atomic E-state index is 0.291. The Morgan fingerprint density at radius 2 is 1.89 bits per heavy atom. The average molecular weight is 403 g/mol. The van der Waals surface area contributed by atoms with Gasteiger partial charge in [0, 0.05) is 17.5 Å². The molecule has 1 N–H and O–H groups in total. The maximum absolute atomic E-state index is 10.3. The Labute approximate surface area is 168 Å². The van der Waals surface area contributed by atoms with Gasteiger partial charge in [-0.1, -0.05) is 23.7 Å². The third-order valence-corrected chi connectivity index (χ3v) is 6.42. The van der Waals surface area contributed by atoms with E-state index in [-0.39, 0.29) is 0 Å². The van der Waals surface area contributed by atoms with E-state index in [2.05, 4.69) is 23.1 Å². The maximum Gasteiger partial charge on any atom is 0.119 e. The Morgan fingerprint density at radius 1 is 1.15 bits per heavy atom. The summed E-state index contributed by atoms with van der Waals surface area (Å²) in [5.41, 5.74) is 1.11. The number of benzene rings is 2. The van der Waals surface area contributed by atoms with Crippen molar-refractivity contribution in [2.24, 2.45) is 0 Å². The number of rotatable bonds is 6. The van der Waals surface area contributed by atoms with Crippen LogP contribution in [0.5, 0.6) is 5.75 Å². The Bertz CT molecular complexity index is 842. The molecule has 2 heterocycles. The summed E-state index contributed by atoms with van der Waals surface area (Å²) in [4.78, 5) is 7.13. The number of fused-ring (bicyclic) bond motifs is 1. The lowest BCUT2D eigenvalue weighted by Gasteiger charge is -2.32. The Kier molecular flexibility index (Phi) is 5.93. The molecule has 1 aliphatic rings. The van der Waals surface area contributed by atoms with Crippen LogP contribution in [0.3, 0.4) is 0 Å². The number of aliphatic hydroxyl groups is 1. The van der Waals surface area contributed by atoms with Gasteiger partial charge in [0.1, 0.15) is 18.5 Å². The number of thiazole rings is 1. The van der Waals surface area contributed by atoms with Crippen molar-refractivity contribution < 1.29 is 9.84 Å². The van der Waals surface area contributed by atoms with Crippen LogP contribution in [-0.2, 0) is 0 Å². The number of piperidine rings is 1. The van der Waals surface area contributed by atoms with Crippen molar-refractivity contribution in [2.45, 2.75) is 24.9 Å². The highest BCUT2D eigenvalue weighted by Gasteiger charge is 2.24. The number of β-amino-alcohol motifs (C(OH)–C–C–N with tert-alkyl or cyclic N) is 1. The van der Waals surface area contributed by atoms with Gasteiger partial charge < -0.3 is 14.7 Å². The number of nitrogens with zero attached hydrogens (tertiary/aromatic N) is 2. The monoisotopic (exact) mass is 402 g/mol. The maximum atomic E-state index is 10.3. The summed E-state index contributed by atoms with van der Waals surface area (Å²) >= 11 is 7.68. The number of para-hydroxylation sites is 1. The van der Waals surface area contributed by atoms with Gasteiger partial charge in [0.25, 0.3) is 0 Å². The molecule has 6 heteroatoms. The lowest BCUT2D eigenvalue weighted by molar-refractivity contribution is 0.0594. The number of hydrogen-bond donors (Lipinski definition) is 1. The summed E-state index contributed by atoms with van der Waals surface area (Å²) < 4.78 is 6.91. The average Bonchev–Trinajstić information content (AvgIpc) is 3.12. The first-order valence-electron chi connectivity index (χ1n) is 9.31. The predicted molar refractivity (Wildman–Crippen MR) is 111 cm³/mol. The topological polar surface area (TPSA) is 45.6 Å². The van der Waals surface area contributed by atoms with Crippen LogP contribution in [0.2, 0.25) is 5.02 Å². The van der Waals surface area contributed by atoms with Crippen LogP contribution < -0.4 is 4.74 Å². The standard InChI is InChI=1S/C21H23ClN2O2S/c22-16-5-7-18(8-6-16)26-14-17(25)13-24-11-9-15(10-12-24)21-23-19-3-1-2-4-20(19)27-21/h1-8,15,17,25H,9-14H2. The van der Waals surface area contributed by atoms with Crippen molar-refractivity contribution in [2.75, 3.05) is 26.2 Å². The van der Waals surface area contributed by atoms with Crippen LogP contribution in [0.25, 0.3) is 10.2 Å². The van der Waals surface area contributed by atoms with E-state index < -0.39 is 6.10 Å². The number of hydrogen-bond acceptors (Lipinski definition) is 5. The lowest BCUT2D eigenvalue weighted by atomic mass is 9.97. The molecule has 2 aromatic carbocycles. The van der Waals surface area contributed by atoms with E-state index in [1.807, 2.05) is 29.5 Å². The van der Waals surface area contributed by atoms with Crippen molar-refractivity contribution in [1.82, 2.24) is 9.88 Å². The third-order valence-electron chi connectivity index (χ3n) is 4.97. The van der Waals surface area contributed by atoms with Crippen molar-refractivity contribution in [1.29, 1.82) is 0 Å². The molecule has 1 saturated heterocycles. The van der Waals surface area contributed by atoms with Gasteiger partial charge in [-0.2, -0.15) is 0 Å². The molecule has 1 aromatic heterocycles. The molecule has 0 spiro atoms. The molecule has 0 saturated carbocycles. The predicted octanol–water partition coefficient (Wildman–Crippen LogP) is 4.57. The molecule has 4 rings (SSSR count). The van der Waals surface area contributed by atoms with Crippen molar-refractivity contribution in [3.63, 3.8) is 0 Å². The van der Waals surface area contributed by atoms with E-state index in [4.69, 9.17) is 21.3 Å².